The van der Waals surface area contributed by atoms with Crippen molar-refractivity contribution >= 4 is 11.4 Å². The molecule has 104 valence electrons. The van der Waals surface area contributed by atoms with Gasteiger partial charge >= 0.3 is 0 Å². The lowest BCUT2D eigenvalue weighted by Gasteiger charge is -2.35. The molecule has 1 heterocycles. The van der Waals surface area contributed by atoms with E-state index in [1.807, 2.05) is 6.07 Å². The molecule has 1 saturated heterocycles. The van der Waals surface area contributed by atoms with Crippen LogP contribution in [-0.2, 0) is 6.54 Å². The van der Waals surface area contributed by atoms with E-state index >= 15 is 0 Å². The summed E-state index contributed by atoms with van der Waals surface area (Å²) in [6, 6.07) is 5.10. The van der Waals surface area contributed by atoms with Crippen molar-refractivity contribution in [2.75, 3.05) is 18.8 Å². The largest absolute Gasteiger partial charge is 0.393 e. The molecule has 1 aliphatic rings. The Bertz CT molecular complexity index is 476. The van der Waals surface area contributed by atoms with Crippen molar-refractivity contribution < 1.29 is 4.92 Å². The van der Waals surface area contributed by atoms with E-state index < -0.39 is 4.92 Å². The summed E-state index contributed by atoms with van der Waals surface area (Å²) in [5.41, 5.74) is 6.81. The summed E-state index contributed by atoms with van der Waals surface area (Å²) < 4.78 is 0. The van der Waals surface area contributed by atoms with E-state index in [1.54, 1.807) is 12.1 Å². The molecule has 1 fully saturated rings. The van der Waals surface area contributed by atoms with Crippen molar-refractivity contribution in [2.45, 2.75) is 26.8 Å². The van der Waals surface area contributed by atoms with Crippen molar-refractivity contribution in [3.8, 4) is 0 Å². The number of hydrogen-bond donors (Lipinski definition) is 1. The first-order valence-corrected chi connectivity index (χ1v) is 6.72. The van der Waals surface area contributed by atoms with Crippen molar-refractivity contribution in [1.29, 1.82) is 0 Å². The SMILES string of the molecule is CC1CCN(Cc2ccc(N)c([N+](=O)[O-])c2)CC1C. The number of nitrogens with two attached hydrogens (primary N) is 1. The average Bonchev–Trinajstić information content (AvgIpc) is 2.36. The van der Waals surface area contributed by atoms with Crippen LogP contribution in [0.3, 0.4) is 0 Å². The number of likely N-dealkylation sites (tertiary alicyclic amines) is 1. The summed E-state index contributed by atoms with van der Waals surface area (Å²) in [7, 11) is 0. The second-order valence-corrected chi connectivity index (χ2v) is 5.63. The summed E-state index contributed by atoms with van der Waals surface area (Å²) in [4.78, 5) is 12.8. The number of hydrogen-bond acceptors (Lipinski definition) is 4. The normalized spacial score (nSPS) is 24.3. The standard InChI is InChI=1S/C14H21N3O2/c1-10-5-6-16(8-11(10)2)9-12-3-4-13(15)14(7-12)17(18)19/h3-4,7,10-11H,5-6,8-9,15H2,1-2H3. The van der Waals surface area contributed by atoms with Crippen LogP contribution in [0.25, 0.3) is 0 Å². The summed E-state index contributed by atoms with van der Waals surface area (Å²) in [5, 5.41) is 10.9. The maximum absolute atomic E-state index is 10.9. The Morgan fingerprint density at radius 2 is 2.16 bits per heavy atom. The van der Waals surface area contributed by atoms with Gasteiger partial charge in [0.05, 0.1) is 4.92 Å². The highest BCUT2D eigenvalue weighted by atomic mass is 16.6. The summed E-state index contributed by atoms with van der Waals surface area (Å²) >= 11 is 0. The van der Waals surface area contributed by atoms with Gasteiger partial charge in [0, 0.05) is 19.2 Å². The number of nitrogen functional groups attached to an aromatic ring is 1. The van der Waals surface area contributed by atoms with Gasteiger partial charge in [-0.25, -0.2) is 0 Å². The smallest absolute Gasteiger partial charge is 0.292 e. The first-order valence-electron chi connectivity index (χ1n) is 6.72. The Morgan fingerprint density at radius 3 is 2.79 bits per heavy atom. The van der Waals surface area contributed by atoms with Gasteiger partial charge in [0.1, 0.15) is 5.69 Å². The van der Waals surface area contributed by atoms with Crippen LogP contribution in [0.15, 0.2) is 18.2 Å². The van der Waals surface area contributed by atoms with E-state index in [0.29, 0.717) is 5.92 Å². The predicted molar refractivity (Wildman–Crippen MR) is 75.7 cm³/mol. The molecule has 5 heteroatoms. The lowest BCUT2D eigenvalue weighted by atomic mass is 9.88. The fourth-order valence-electron chi connectivity index (χ4n) is 2.60. The number of benzene rings is 1. The highest BCUT2D eigenvalue weighted by molar-refractivity contribution is 5.59. The van der Waals surface area contributed by atoms with Gasteiger partial charge in [0.2, 0.25) is 0 Å². The molecule has 0 aromatic heterocycles. The van der Waals surface area contributed by atoms with E-state index in [9.17, 15) is 10.1 Å². The van der Waals surface area contributed by atoms with Crippen LogP contribution in [0.5, 0.6) is 0 Å². The number of piperidine rings is 1. The van der Waals surface area contributed by atoms with Crippen LogP contribution in [-0.4, -0.2) is 22.9 Å². The monoisotopic (exact) mass is 263 g/mol. The molecule has 0 aliphatic carbocycles. The van der Waals surface area contributed by atoms with Crippen LogP contribution in [0, 0.1) is 22.0 Å². The Labute approximate surface area is 113 Å². The molecule has 19 heavy (non-hydrogen) atoms. The molecular formula is C14H21N3O2. The Kier molecular flexibility index (Phi) is 4.04. The number of nitrogens with zero attached hydrogens (tertiary/aromatic N) is 2. The van der Waals surface area contributed by atoms with Crippen LogP contribution >= 0.6 is 0 Å². The lowest BCUT2D eigenvalue weighted by molar-refractivity contribution is -0.384. The summed E-state index contributed by atoms with van der Waals surface area (Å²) in [6.45, 7) is 7.43. The zero-order valence-corrected chi connectivity index (χ0v) is 11.5. The third kappa shape index (κ3) is 3.23. The molecule has 0 radical (unpaired) electrons. The van der Waals surface area contributed by atoms with Crippen LogP contribution in [0.4, 0.5) is 11.4 Å². The van der Waals surface area contributed by atoms with Crippen LogP contribution < -0.4 is 5.73 Å². The van der Waals surface area contributed by atoms with Gasteiger partial charge in [-0.1, -0.05) is 19.9 Å². The van der Waals surface area contributed by atoms with E-state index in [2.05, 4.69) is 18.7 Å². The van der Waals surface area contributed by atoms with E-state index in [0.717, 1.165) is 31.1 Å². The molecule has 0 bridgehead atoms. The minimum absolute atomic E-state index is 0.0101. The maximum atomic E-state index is 10.9. The fraction of sp³-hybridized carbons (Fsp3) is 0.571. The number of nitro groups is 1. The zero-order valence-electron chi connectivity index (χ0n) is 11.5. The Morgan fingerprint density at radius 1 is 1.42 bits per heavy atom. The first-order chi connectivity index (χ1) is 8.97. The van der Waals surface area contributed by atoms with Crippen molar-refractivity contribution in [3.05, 3.63) is 33.9 Å². The maximum Gasteiger partial charge on any atom is 0.292 e. The van der Waals surface area contributed by atoms with Crippen LogP contribution in [0.2, 0.25) is 0 Å². The molecule has 2 unspecified atom stereocenters. The van der Waals surface area contributed by atoms with Gasteiger partial charge in [-0.3, -0.25) is 15.0 Å². The quantitative estimate of drug-likeness (QED) is 0.517. The van der Waals surface area contributed by atoms with E-state index in [4.69, 9.17) is 5.73 Å². The van der Waals surface area contributed by atoms with Crippen molar-refractivity contribution in [2.24, 2.45) is 11.8 Å². The van der Waals surface area contributed by atoms with Gasteiger partial charge < -0.3 is 5.73 Å². The van der Waals surface area contributed by atoms with Gasteiger partial charge in [0.25, 0.3) is 5.69 Å². The lowest BCUT2D eigenvalue weighted by Crippen LogP contribution is -2.37. The number of anilines is 1. The minimum Gasteiger partial charge on any atom is -0.393 e. The zero-order chi connectivity index (χ0) is 14.0. The Balaban J connectivity index is 2.07. The highest BCUT2D eigenvalue weighted by Crippen LogP contribution is 2.26. The minimum atomic E-state index is -0.417. The fourth-order valence-corrected chi connectivity index (χ4v) is 2.60. The van der Waals surface area contributed by atoms with Gasteiger partial charge in [-0.15, -0.1) is 0 Å². The predicted octanol–water partition coefficient (Wildman–Crippen LogP) is 2.65. The Hall–Kier alpha value is -1.62. The number of nitro benzene ring substituents is 1. The van der Waals surface area contributed by atoms with Crippen molar-refractivity contribution in [3.63, 3.8) is 0 Å². The third-order valence-corrected chi connectivity index (χ3v) is 4.12. The topological polar surface area (TPSA) is 72.4 Å². The molecule has 2 rings (SSSR count). The third-order valence-electron chi connectivity index (χ3n) is 4.12. The molecule has 1 aromatic rings. The molecule has 1 aliphatic heterocycles. The van der Waals surface area contributed by atoms with Gasteiger partial charge in [-0.05, 0) is 36.4 Å². The molecule has 1 aromatic carbocycles. The average molecular weight is 263 g/mol. The second-order valence-electron chi connectivity index (χ2n) is 5.63. The second kappa shape index (κ2) is 5.57. The highest BCUT2D eigenvalue weighted by Gasteiger charge is 2.23. The summed E-state index contributed by atoms with van der Waals surface area (Å²) in [5.74, 6) is 1.44. The molecule has 0 saturated carbocycles. The van der Waals surface area contributed by atoms with E-state index in [-0.39, 0.29) is 11.4 Å². The molecule has 0 spiro atoms. The van der Waals surface area contributed by atoms with Crippen LogP contribution in [0.1, 0.15) is 25.8 Å². The molecule has 5 nitrogen and oxygen atoms in total. The number of rotatable bonds is 3. The molecule has 0 amide bonds. The van der Waals surface area contributed by atoms with Gasteiger partial charge in [-0.2, -0.15) is 0 Å². The first kappa shape index (κ1) is 13.8. The molecule has 2 atom stereocenters. The van der Waals surface area contributed by atoms with Crippen molar-refractivity contribution in [1.82, 2.24) is 4.90 Å². The molecular weight excluding hydrogens is 242 g/mol. The summed E-state index contributed by atoms with van der Waals surface area (Å²) in [6.07, 6.45) is 1.19. The molecule has 2 N–H and O–H groups in total. The van der Waals surface area contributed by atoms with Gasteiger partial charge in [0.15, 0.2) is 0 Å². The van der Waals surface area contributed by atoms with E-state index in [1.165, 1.54) is 6.42 Å².